The lowest BCUT2D eigenvalue weighted by molar-refractivity contribution is -0.0134. The summed E-state index contributed by atoms with van der Waals surface area (Å²) < 4.78 is 5.51. The monoisotopic (exact) mass is 312 g/mol. The third-order valence-corrected chi connectivity index (χ3v) is 3.64. The molecule has 1 aromatic rings. The molecule has 21 heavy (non-hydrogen) atoms. The molecule has 0 aromatic heterocycles. The Morgan fingerprint density at radius 1 is 1.52 bits per heavy atom. The summed E-state index contributed by atoms with van der Waals surface area (Å²) in [7, 11) is 0. The number of urea groups is 1. The van der Waals surface area contributed by atoms with E-state index in [1.807, 2.05) is 6.92 Å². The normalized spacial score (nSPS) is 18.4. The molecule has 1 saturated heterocycles. The minimum absolute atomic E-state index is 0.00656. The largest absolute Gasteiger partial charge is 0.478 e. The number of hydrogen-bond acceptors (Lipinski definition) is 3. The predicted octanol–water partition coefficient (Wildman–Crippen LogP) is 2.68. The Kier molecular flexibility index (Phi) is 5.03. The average molecular weight is 313 g/mol. The van der Waals surface area contributed by atoms with Crippen LogP contribution in [0.15, 0.2) is 18.2 Å². The highest BCUT2D eigenvalue weighted by Gasteiger charge is 2.23. The lowest BCUT2D eigenvalue weighted by Crippen LogP contribution is -2.47. The minimum atomic E-state index is -1.10. The first-order chi connectivity index (χ1) is 10.0. The molecule has 1 fully saturated rings. The molecule has 0 radical (unpaired) electrons. The highest BCUT2D eigenvalue weighted by molar-refractivity contribution is 6.33. The van der Waals surface area contributed by atoms with Gasteiger partial charge >= 0.3 is 12.0 Å². The number of carbonyl (C=O) groups is 2. The fourth-order valence-corrected chi connectivity index (χ4v) is 2.38. The van der Waals surface area contributed by atoms with Crippen molar-refractivity contribution in [1.29, 1.82) is 0 Å². The zero-order valence-electron chi connectivity index (χ0n) is 11.6. The summed E-state index contributed by atoms with van der Waals surface area (Å²) >= 11 is 5.87. The smallest absolute Gasteiger partial charge is 0.337 e. The van der Waals surface area contributed by atoms with Crippen LogP contribution >= 0.6 is 11.6 Å². The van der Waals surface area contributed by atoms with Gasteiger partial charge in [-0.3, -0.25) is 0 Å². The summed E-state index contributed by atoms with van der Waals surface area (Å²) in [6.45, 7) is 3.60. The number of halogens is 1. The standard InChI is InChI=1S/C14H17ClN2O4/c1-2-10-8-17(5-6-21-10)14(20)16-9-3-4-11(13(18)19)12(15)7-9/h3-4,7,10H,2,5-6,8H2,1H3,(H,16,20)(H,18,19). The van der Waals surface area contributed by atoms with Gasteiger partial charge in [-0.05, 0) is 24.6 Å². The summed E-state index contributed by atoms with van der Waals surface area (Å²) in [5.74, 6) is -1.10. The first-order valence-corrected chi connectivity index (χ1v) is 7.09. The number of carboxylic acids is 1. The molecule has 1 aromatic carbocycles. The van der Waals surface area contributed by atoms with Gasteiger partial charge in [0.2, 0.25) is 0 Å². The van der Waals surface area contributed by atoms with Gasteiger partial charge in [-0.25, -0.2) is 9.59 Å². The fourth-order valence-electron chi connectivity index (χ4n) is 2.12. The molecule has 1 heterocycles. The van der Waals surface area contributed by atoms with Crippen molar-refractivity contribution in [2.24, 2.45) is 0 Å². The van der Waals surface area contributed by atoms with E-state index in [1.54, 1.807) is 4.90 Å². The number of carbonyl (C=O) groups excluding carboxylic acids is 1. The zero-order valence-corrected chi connectivity index (χ0v) is 12.4. The number of amides is 2. The number of hydrogen-bond donors (Lipinski definition) is 2. The van der Waals surface area contributed by atoms with Crippen LogP contribution in [0.5, 0.6) is 0 Å². The van der Waals surface area contributed by atoms with E-state index in [2.05, 4.69) is 5.32 Å². The van der Waals surface area contributed by atoms with E-state index in [0.29, 0.717) is 25.4 Å². The lowest BCUT2D eigenvalue weighted by atomic mass is 10.2. The van der Waals surface area contributed by atoms with Gasteiger partial charge in [0, 0.05) is 18.8 Å². The van der Waals surface area contributed by atoms with Crippen LogP contribution < -0.4 is 5.32 Å². The molecule has 1 unspecified atom stereocenters. The Labute approximate surface area is 127 Å². The van der Waals surface area contributed by atoms with Crippen molar-refractivity contribution in [3.63, 3.8) is 0 Å². The highest BCUT2D eigenvalue weighted by Crippen LogP contribution is 2.21. The van der Waals surface area contributed by atoms with Crippen LogP contribution in [0.1, 0.15) is 23.7 Å². The second-order valence-electron chi connectivity index (χ2n) is 4.78. The summed E-state index contributed by atoms with van der Waals surface area (Å²) in [6, 6.07) is 4.08. The fraction of sp³-hybridized carbons (Fsp3) is 0.429. The van der Waals surface area contributed by atoms with Crippen LogP contribution in [-0.2, 0) is 4.74 Å². The van der Waals surface area contributed by atoms with Gasteiger partial charge in [-0.2, -0.15) is 0 Å². The molecule has 0 aliphatic carbocycles. The molecule has 2 amide bonds. The number of rotatable bonds is 3. The van der Waals surface area contributed by atoms with Crippen LogP contribution in [0.25, 0.3) is 0 Å². The number of ether oxygens (including phenoxy) is 1. The van der Waals surface area contributed by atoms with E-state index in [4.69, 9.17) is 21.4 Å². The van der Waals surface area contributed by atoms with Crippen LogP contribution in [-0.4, -0.2) is 47.8 Å². The maximum atomic E-state index is 12.2. The van der Waals surface area contributed by atoms with Gasteiger partial charge in [0.15, 0.2) is 0 Å². The molecule has 0 spiro atoms. The molecule has 0 saturated carbocycles. The van der Waals surface area contributed by atoms with Crippen LogP contribution in [0.2, 0.25) is 5.02 Å². The molecule has 2 rings (SSSR count). The molecule has 6 nitrogen and oxygen atoms in total. The van der Waals surface area contributed by atoms with Gasteiger partial charge in [-0.15, -0.1) is 0 Å². The number of carboxylic acid groups (broad SMARTS) is 1. The summed E-state index contributed by atoms with van der Waals surface area (Å²) in [5, 5.41) is 11.7. The van der Waals surface area contributed by atoms with Crippen molar-refractivity contribution in [2.75, 3.05) is 25.0 Å². The number of nitrogens with one attached hydrogen (secondary N) is 1. The maximum absolute atomic E-state index is 12.2. The van der Waals surface area contributed by atoms with E-state index in [-0.39, 0.29) is 22.7 Å². The van der Waals surface area contributed by atoms with E-state index in [9.17, 15) is 9.59 Å². The highest BCUT2D eigenvalue weighted by atomic mass is 35.5. The molecule has 1 aliphatic rings. The predicted molar refractivity (Wildman–Crippen MR) is 79.0 cm³/mol. The molecule has 7 heteroatoms. The van der Waals surface area contributed by atoms with Crippen molar-refractivity contribution in [1.82, 2.24) is 4.90 Å². The number of morpholine rings is 1. The van der Waals surface area contributed by atoms with Crippen LogP contribution in [0.3, 0.4) is 0 Å². The third-order valence-electron chi connectivity index (χ3n) is 3.33. The Morgan fingerprint density at radius 3 is 2.90 bits per heavy atom. The Hall–Kier alpha value is -1.79. The van der Waals surface area contributed by atoms with Crippen LogP contribution in [0.4, 0.5) is 10.5 Å². The van der Waals surface area contributed by atoms with Crippen molar-refractivity contribution in [2.45, 2.75) is 19.4 Å². The van der Waals surface area contributed by atoms with Crippen molar-refractivity contribution >= 4 is 29.3 Å². The zero-order chi connectivity index (χ0) is 15.4. The molecular formula is C14H17ClN2O4. The number of nitrogens with zero attached hydrogens (tertiary/aromatic N) is 1. The molecule has 1 aliphatic heterocycles. The van der Waals surface area contributed by atoms with Crippen molar-refractivity contribution < 1.29 is 19.4 Å². The minimum Gasteiger partial charge on any atom is -0.478 e. The maximum Gasteiger partial charge on any atom is 0.337 e. The van der Waals surface area contributed by atoms with E-state index in [1.165, 1.54) is 18.2 Å². The van der Waals surface area contributed by atoms with Crippen molar-refractivity contribution in [3.05, 3.63) is 28.8 Å². The topological polar surface area (TPSA) is 78.9 Å². The van der Waals surface area contributed by atoms with Crippen molar-refractivity contribution in [3.8, 4) is 0 Å². The average Bonchev–Trinajstić information content (AvgIpc) is 2.47. The first-order valence-electron chi connectivity index (χ1n) is 6.71. The second kappa shape index (κ2) is 6.78. The van der Waals surface area contributed by atoms with E-state index >= 15 is 0 Å². The molecule has 114 valence electrons. The SMILES string of the molecule is CCC1CN(C(=O)Nc2ccc(C(=O)O)c(Cl)c2)CCO1. The Bertz CT molecular complexity index is 550. The number of anilines is 1. The molecule has 2 N–H and O–H groups in total. The Morgan fingerprint density at radius 2 is 2.29 bits per heavy atom. The lowest BCUT2D eigenvalue weighted by Gasteiger charge is -2.32. The molecule has 1 atom stereocenters. The number of aromatic carboxylic acids is 1. The first kappa shape index (κ1) is 15.6. The summed E-state index contributed by atoms with van der Waals surface area (Å²) in [5.41, 5.74) is 0.474. The number of benzene rings is 1. The van der Waals surface area contributed by atoms with Gasteiger partial charge in [-0.1, -0.05) is 18.5 Å². The molecular weight excluding hydrogens is 296 g/mol. The van der Waals surface area contributed by atoms with E-state index < -0.39 is 5.97 Å². The van der Waals surface area contributed by atoms with Gasteiger partial charge in [0.1, 0.15) is 0 Å². The van der Waals surface area contributed by atoms with Gasteiger partial charge in [0.25, 0.3) is 0 Å². The third kappa shape index (κ3) is 3.86. The second-order valence-corrected chi connectivity index (χ2v) is 5.18. The van der Waals surface area contributed by atoms with Gasteiger partial charge < -0.3 is 20.1 Å². The quantitative estimate of drug-likeness (QED) is 0.899. The Balaban J connectivity index is 2.02. The summed E-state index contributed by atoms with van der Waals surface area (Å²) in [6.07, 6.45) is 0.908. The van der Waals surface area contributed by atoms with Gasteiger partial charge in [0.05, 0.1) is 23.3 Å². The summed E-state index contributed by atoms with van der Waals surface area (Å²) in [4.78, 5) is 24.7. The van der Waals surface area contributed by atoms with Crippen LogP contribution in [0, 0.1) is 0 Å². The molecule has 0 bridgehead atoms. The van der Waals surface area contributed by atoms with E-state index in [0.717, 1.165) is 6.42 Å².